The molecule has 10 rings (SSSR count). The summed E-state index contributed by atoms with van der Waals surface area (Å²) < 4.78 is 162. The summed E-state index contributed by atoms with van der Waals surface area (Å²) >= 11 is 0. The predicted octanol–water partition coefficient (Wildman–Crippen LogP) is 18.6. The molecule has 126 heavy (non-hydrogen) atoms. The van der Waals surface area contributed by atoms with Gasteiger partial charge in [-0.05, 0) is 98.5 Å². The third-order valence-corrected chi connectivity index (χ3v) is 24.8. The van der Waals surface area contributed by atoms with Gasteiger partial charge in [-0.3, -0.25) is 28.2 Å². The van der Waals surface area contributed by atoms with Crippen LogP contribution in [-0.2, 0) is 89.5 Å². The van der Waals surface area contributed by atoms with E-state index in [1.807, 2.05) is 6.07 Å². The number of halogens is 4. The molecule has 0 bridgehead atoms. The second kappa shape index (κ2) is 52.2. The first-order valence-electron chi connectivity index (χ1n) is 44.6. The average molecular weight is 1810 g/mol. The van der Waals surface area contributed by atoms with Gasteiger partial charge in [0.2, 0.25) is 11.2 Å². The quantitative estimate of drug-likeness (QED) is 0.00777. The van der Waals surface area contributed by atoms with Crippen molar-refractivity contribution in [2.24, 2.45) is 0 Å². The monoisotopic (exact) mass is 1810 g/mol. The molecule has 3 aliphatic rings. The fourth-order valence-electron chi connectivity index (χ4n) is 15.5. The molecule has 696 valence electrons. The molecule has 3 aliphatic heterocycles. The molecule has 0 amide bonds. The third-order valence-electron chi connectivity index (χ3n) is 22.5. The Morgan fingerprint density at radius 1 is 0.524 bits per heavy atom. The molecular formula is C89H127F4N11O20P2. The van der Waals surface area contributed by atoms with Crippen LogP contribution < -0.4 is 16.0 Å². The number of nitro groups is 1. The van der Waals surface area contributed by atoms with Gasteiger partial charge in [0.25, 0.3) is 5.69 Å². The van der Waals surface area contributed by atoms with Crippen LogP contribution in [0.5, 0.6) is 5.75 Å². The first-order chi connectivity index (χ1) is 60.8. The van der Waals surface area contributed by atoms with Crippen LogP contribution in [0.3, 0.4) is 0 Å². The highest BCUT2D eigenvalue weighted by atomic mass is 31.2. The SMILES string of the molecule is CCCCCCCCCCCCCCCCCCOC[C@H](COP(=O)(O)OC[C@H]1O[C@@](C#N)(c2ccc3c(N)ncnn23)[C@H](O)[C@@H]1O)OCc1ccc(F)c(F)c1.CCCCCCCCCCCCCCCCCCOC[C@H](COP(=O)(OC[C@H]1O[C@@](C#N)(c2ccc3c(N)ncnn23)[C@@H]2OC(C)(C)O[C@@H]21)Oc1ccc([N+](=O)[O-])cc1)OCc1ccc(F)c(F)c1. The minimum Gasteiger partial charge on any atom is -0.404 e. The van der Waals surface area contributed by atoms with Crippen molar-refractivity contribution in [3.8, 4) is 17.9 Å². The predicted molar refractivity (Wildman–Crippen MR) is 461 cm³/mol. The molecule has 2 unspecified atom stereocenters. The first-order valence-corrected chi connectivity index (χ1v) is 47.5. The lowest BCUT2D eigenvalue weighted by molar-refractivity contribution is -0.384. The van der Waals surface area contributed by atoms with E-state index in [4.69, 9.17) is 72.0 Å². The number of nitrogens with two attached hydrogens (primary N) is 2. The Hall–Kier alpha value is -7.74. The Kier molecular flexibility index (Phi) is 42.3. The molecule has 4 aromatic heterocycles. The molecule has 0 saturated carbocycles. The summed E-state index contributed by atoms with van der Waals surface area (Å²) in [5.74, 6) is -5.09. The van der Waals surface area contributed by atoms with E-state index in [1.54, 1.807) is 26.0 Å². The van der Waals surface area contributed by atoms with E-state index < -0.39 is 136 Å². The lowest BCUT2D eigenvalue weighted by Crippen LogP contribution is -2.41. The van der Waals surface area contributed by atoms with Gasteiger partial charge in [-0.15, -0.1) is 0 Å². The topological polar surface area (TPSA) is 418 Å². The van der Waals surface area contributed by atoms with Gasteiger partial charge in [0.1, 0.15) is 90.4 Å². The molecule has 37 heteroatoms. The molecule has 0 aliphatic carbocycles. The smallest absolute Gasteiger partial charge is 0.404 e. The van der Waals surface area contributed by atoms with Crippen LogP contribution in [0.1, 0.15) is 256 Å². The number of phosphoric acid groups is 2. The van der Waals surface area contributed by atoms with Crippen LogP contribution in [0.4, 0.5) is 34.9 Å². The zero-order valence-electron chi connectivity index (χ0n) is 72.9. The van der Waals surface area contributed by atoms with Crippen LogP contribution in [-0.4, -0.2) is 157 Å². The van der Waals surface area contributed by atoms with Gasteiger partial charge in [-0.25, -0.2) is 45.7 Å². The van der Waals surface area contributed by atoms with Crippen LogP contribution in [0.15, 0.2) is 97.6 Å². The van der Waals surface area contributed by atoms with Gasteiger partial charge >= 0.3 is 15.6 Å². The lowest BCUT2D eigenvalue weighted by Gasteiger charge is -2.29. The van der Waals surface area contributed by atoms with E-state index >= 15 is 0 Å². The van der Waals surface area contributed by atoms with E-state index in [9.17, 15) is 62.4 Å². The molecule has 12 atom stereocenters. The molecule has 31 nitrogen and oxygen atoms in total. The number of ether oxygens (including phenoxy) is 8. The van der Waals surface area contributed by atoms with Crippen molar-refractivity contribution in [1.29, 1.82) is 10.5 Å². The molecule has 7 aromatic rings. The molecule has 3 fully saturated rings. The first kappa shape index (κ1) is 102. The number of nitriles is 2. The number of nitrogen functional groups attached to an aromatic ring is 2. The average Bonchev–Trinajstić information content (AvgIpc) is 1.55. The van der Waals surface area contributed by atoms with E-state index in [1.165, 1.54) is 212 Å². The van der Waals surface area contributed by atoms with Crippen LogP contribution in [0.2, 0.25) is 0 Å². The Morgan fingerprint density at radius 3 is 1.37 bits per heavy atom. The lowest BCUT2D eigenvalue weighted by atomic mass is 9.92. The van der Waals surface area contributed by atoms with Crippen molar-refractivity contribution in [1.82, 2.24) is 29.2 Å². The molecule has 0 spiro atoms. The second-order valence-electron chi connectivity index (χ2n) is 32.8. The number of non-ortho nitro benzene ring substituents is 1. The summed E-state index contributed by atoms with van der Waals surface area (Å²) in [7, 11) is -9.55. The van der Waals surface area contributed by atoms with Crippen molar-refractivity contribution in [2.45, 2.75) is 312 Å². The number of fused-ring (bicyclic) bond motifs is 3. The van der Waals surface area contributed by atoms with Crippen molar-refractivity contribution >= 4 is 44.0 Å². The number of benzene rings is 3. The number of aromatic nitrogens is 6. The van der Waals surface area contributed by atoms with Gasteiger partial charge in [0.05, 0.1) is 69.2 Å². The number of phosphoric ester groups is 2. The zero-order valence-corrected chi connectivity index (χ0v) is 74.7. The van der Waals surface area contributed by atoms with Crippen LogP contribution >= 0.6 is 15.6 Å². The summed E-state index contributed by atoms with van der Waals surface area (Å²) in [4.78, 5) is 29.3. The maximum Gasteiger partial charge on any atom is 0.530 e. The number of aliphatic hydroxyl groups is 2. The van der Waals surface area contributed by atoms with Gasteiger partial charge in [0.15, 0.2) is 40.7 Å². The van der Waals surface area contributed by atoms with E-state index in [0.717, 1.165) is 87.7 Å². The van der Waals surface area contributed by atoms with Crippen LogP contribution in [0.25, 0.3) is 11.0 Å². The van der Waals surface area contributed by atoms with Crippen LogP contribution in [0, 0.1) is 56.0 Å². The number of unbranched alkanes of at least 4 members (excludes halogenated alkanes) is 30. The molecule has 7 N–H and O–H groups in total. The van der Waals surface area contributed by atoms with E-state index in [-0.39, 0.29) is 60.9 Å². The third kappa shape index (κ3) is 31.0. The largest absolute Gasteiger partial charge is 0.530 e. The number of rotatable bonds is 61. The summed E-state index contributed by atoms with van der Waals surface area (Å²) in [5.41, 5.74) is 9.53. The minimum absolute atomic E-state index is 0.0247. The van der Waals surface area contributed by atoms with E-state index in [2.05, 4.69) is 40.1 Å². The highest BCUT2D eigenvalue weighted by Gasteiger charge is 2.66. The minimum atomic E-state index is -4.83. The number of nitro benzene ring substituents is 1. The number of aliphatic hydroxyl groups excluding tert-OH is 2. The Bertz CT molecular complexity index is 4630. The highest BCUT2D eigenvalue weighted by molar-refractivity contribution is 7.49. The van der Waals surface area contributed by atoms with Gasteiger partial charge < -0.3 is 69.0 Å². The molecule has 0 radical (unpaired) electrons. The summed E-state index contributed by atoms with van der Waals surface area (Å²) in [6.07, 6.45) is 32.3. The fraction of sp³-hybridized carbons (Fsp3) is 0.640. The van der Waals surface area contributed by atoms with Crippen molar-refractivity contribution in [3.05, 3.63) is 153 Å². The normalized spacial score (nSPS) is 21.1. The maximum absolute atomic E-state index is 14.7. The summed E-state index contributed by atoms with van der Waals surface area (Å²) in [5, 5.41) is 62.4. The zero-order chi connectivity index (χ0) is 90.4. The van der Waals surface area contributed by atoms with Crippen molar-refractivity contribution in [3.63, 3.8) is 0 Å². The standard InChI is InChI=1S/C49H67F2N6O11P.C40H60F2N5O9P/c1-4-5-6-7-8-9-10-11-12-13-14-15-16-17-18-19-28-61-31-39(62-30-36-20-25-40(50)41(51)29-36)32-63-69(60,68-38-23-21-37(22-24-38)57(58)59)64-33-43-45-46(67-48(2,3)66-45)49(34-52,65-43)44-27-26-42-47(53)54-35-55-56(42)44;1-2-3-4-5-6-7-8-9-10-11-12-13-14-15-16-17-22-52-25-31(53-24-30-18-19-32(41)33(42)23-30)26-54-57(50,51)55-27-35-37(48)38(49)40(28-43,56-35)36-21-20-34-39(44)45-29-46-47(34)36/h20-27,29,35,39,43,45-46H,4-19,28,30-33H2,1-3H3,(H2,53,54,55);18-21,23,29,31,35,37-38,48-49H,2-17,22,24-27H2,1H3,(H,50,51)(H2,44,45,46)/t39-,43-,45-,46-,49+,69?;31-,35-,37-,38-,40+/m11/s1. The fourth-order valence-corrected chi connectivity index (χ4v) is 17.5. The molecule has 7 heterocycles. The van der Waals surface area contributed by atoms with E-state index in [0.29, 0.717) is 35.4 Å². The number of hydrogen-bond donors (Lipinski definition) is 5. The van der Waals surface area contributed by atoms with Gasteiger partial charge in [-0.2, -0.15) is 20.7 Å². The summed E-state index contributed by atoms with van der Waals surface area (Å²) in [6.45, 7) is 6.12. The second-order valence-corrected chi connectivity index (χ2v) is 35.9. The molecule has 3 saturated heterocycles. The van der Waals surface area contributed by atoms with Crippen molar-refractivity contribution < 1.29 is 107 Å². The Balaban J connectivity index is 0.000000290. The maximum atomic E-state index is 14.7. The summed E-state index contributed by atoms with van der Waals surface area (Å²) in [6, 6.07) is 21.9. The molecule has 3 aromatic carbocycles. The van der Waals surface area contributed by atoms with Crippen molar-refractivity contribution in [2.75, 3.05) is 64.3 Å². The van der Waals surface area contributed by atoms with Gasteiger partial charge in [0, 0.05) is 25.3 Å². The number of anilines is 2. The van der Waals surface area contributed by atoms with Gasteiger partial charge in [-0.1, -0.05) is 219 Å². The Morgan fingerprint density at radius 2 is 0.937 bits per heavy atom. The molecular weight excluding hydrogens is 1680 g/mol. The number of nitrogens with zero attached hydrogens (tertiary/aromatic N) is 9. The highest BCUT2D eigenvalue weighted by Crippen LogP contribution is 2.54. The number of hydrogen-bond acceptors (Lipinski definition) is 27. The Labute approximate surface area is 735 Å².